The smallest absolute Gasteiger partial charge is 0.257 e. The van der Waals surface area contributed by atoms with E-state index in [1.54, 1.807) is 12.4 Å². The monoisotopic (exact) mass is 341 g/mol. The van der Waals surface area contributed by atoms with Gasteiger partial charge in [0.1, 0.15) is 5.75 Å². The standard InChI is InChI=1S/C20H27N3O2/c1-5-6-11-23(4)17-12-16(13-21-14-17)20(24)22-18-9-7-8-10-19(18)25-15(2)3/h7-10,12-15H,5-6,11H2,1-4H3,(H,22,24). The Bertz CT molecular complexity index is 701. The molecule has 0 bridgehead atoms. The van der Waals surface area contributed by atoms with Gasteiger partial charge in [0, 0.05) is 19.8 Å². The molecule has 0 saturated heterocycles. The van der Waals surface area contributed by atoms with Gasteiger partial charge in [0.25, 0.3) is 5.91 Å². The summed E-state index contributed by atoms with van der Waals surface area (Å²) in [5.41, 5.74) is 2.12. The Balaban J connectivity index is 2.14. The Kier molecular flexibility index (Phi) is 6.81. The summed E-state index contributed by atoms with van der Waals surface area (Å²) in [5, 5.41) is 2.92. The van der Waals surface area contributed by atoms with Crippen LogP contribution in [0, 0.1) is 0 Å². The van der Waals surface area contributed by atoms with Crippen molar-refractivity contribution in [2.24, 2.45) is 0 Å². The summed E-state index contributed by atoms with van der Waals surface area (Å²) in [5.74, 6) is 0.466. The molecular weight excluding hydrogens is 314 g/mol. The van der Waals surface area contributed by atoms with E-state index in [0.29, 0.717) is 17.0 Å². The number of carbonyl (C=O) groups excluding carboxylic acids is 1. The molecular formula is C20H27N3O2. The second kappa shape index (κ2) is 9.06. The van der Waals surface area contributed by atoms with Crippen LogP contribution in [0.1, 0.15) is 44.0 Å². The van der Waals surface area contributed by atoms with Gasteiger partial charge in [0.2, 0.25) is 0 Å². The van der Waals surface area contributed by atoms with Gasteiger partial charge in [-0.25, -0.2) is 0 Å². The van der Waals surface area contributed by atoms with E-state index in [4.69, 9.17) is 4.74 Å². The summed E-state index contributed by atoms with van der Waals surface area (Å²) in [6, 6.07) is 9.31. The summed E-state index contributed by atoms with van der Waals surface area (Å²) < 4.78 is 5.75. The molecule has 134 valence electrons. The molecule has 1 amide bonds. The normalized spacial score (nSPS) is 10.6. The zero-order valence-electron chi connectivity index (χ0n) is 15.5. The number of para-hydroxylation sites is 2. The molecule has 5 heteroatoms. The third-order valence-electron chi connectivity index (χ3n) is 3.77. The van der Waals surface area contributed by atoms with Crippen LogP contribution in [0.15, 0.2) is 42.7 Å². The van der Waals surface area contributed by atoms with Gasteiger partial charge < -0.3 is 15.0 Å². The van der Waals surface area contributed by atoms with Crippen molar-refractivity contribution in [2.45, 2.75) is 39.7 Å². The van der Waals surface area contributed by atoms with Crippen molar-refractivity contribution in [1.82, 2.24) is 4.98 Å². The van der Waals surface area contributed by atoms with E-state index in [1.807, 2.05) is 51.2 Å². The summed E-state index contributed by atoms with van der Waals surface area (Å²) in [6.45, 7) is 7.01. The first-order valence-electron chi connectivity index (χ1n) is 8.74. The van der Waals surface area contributed by atoms with Gasteiger partial charge in [0.15, 0.2) is 0 Å². The molecule has 0 saturated carbocycles. The predicted octanol–water partition coefficient (Wildman–Crippen LogP) is 4.36. The number of aromatic nitrogens is 1. The van der Waals surface area contributed by atoms with E-state index >= 15 is 0 Å². The van der Waals surface area contributed by atoms with E-state index in [0.717, 1.165) is 25.1 Å². The zero-order chi connectivity index (χ0) is 18.2. The van der Waals surface area contributed by atoms with Gasteiger partial charge in [-0.15, -0.1) is 0 Å². The maximum absolute atomic E-state index is 12.6. The second-order valence-electron chi connectivity index (χ2n) is 6.32. The molecule has 0 aliphatic carbocycles. The highest BCUT2D eigenvalue weighted by atomic mass is 16.5. The first kappa shape index (κ1) is 18.8. The lowest BCUT2D eigenvalue weighted by Gasteiger charge is -2.19. The molecule has 2 aromatic rings. The number of rotatable bonds is 8. The molecule has 2 rings (SSSR count). The third-order valence-corrected chi connectivity index (χ3v) is 3.77. The van der Waals surface area contributed by atoms with E-state index in [2.05, 4.69) is 22.1 Å². The summed E-state index contributed by atoms with van der Waals surface area (Å²) >= 11 is 0. The molecule has 1 aromatic carbocycles. The van der Waals surface area contributed by atoms with Crippen molar-refractivity contribution < 1.29 is 9.53 Å². The van der Waals surface area contributed by atoms with Crippen LogP contribution >= 0.6 is 0 Å². The average Bonchev–Trinajstić information content (AvgIpc) is 2.61. The SMILES string of the molecule is CCCCN(C)c1cncc(C(=O)Nc2ccccc2OC(C)C)c1. The van der Waals surface area contributed by atoms with E-state index in [1.165, 1.54) is 0 Å². The number of unbranched alkanes of at least 4 members (excludes halogenated alkanes) is 1. The van der Waals surface area contributed by atoms with Crippen LogP contribution in [0.25, 0.3) is 0 Å². The van der Waals surface area contributed by atoms with Crippen LogP contribution in [0.5, 0.6) is 5.75 Å². The summed E-state index contributed by atoms with van der Waals surface area (Å²) in [6.07, 6.45) is 5.63. The molecule has 0 radical (unpaired) electrons. The number of pyridine rings is 1. The highest BCUT2D eigenvalue weighted by molar-refractivity contribution is 6.05. The molecule has 0 unspecified atom stereocenters. The van der Waals surface area contributed by atoms with Crippen LogP contribution in [0.4, 0.5) is 11.4 Å². The maximum atomic E-state index is 12.6. The van der Waals surface area contributed by atoms with Crippen LogP contribution in [-0.2, 0) is 0 Å². The Labute approximate surface area is 150 Å². The summed E-state index contributed by atoms with van der Waals surface area (Å²) in [4.78, 5) is 18.9. The Hall–Kier alpha value is -2.56. The van der Waals surface area contributed by atoms with Crippen molar-refractivity contribution in [1.29, 1.82) is 0 Å². The number of hydrogen-bond acceptors (Lipinski definition) is 4. The number of nitrogens with one attached hydrogen (secondary N) is 1. The second-order valence-corrected chi connectivity index (χ2v) is 6.32. The molecule has 0 atom stereocenters. The quantitative estimate of drug-likeness (QED) is 0.775. The molecule has 1 heterocycles. The van der Waals surface area contributed by atoms with Gasteiger partial charge in [-0.1, -0.05) is 25.5 Å². The topological polar surface area (TPSA) is 54.5 Å². The number of nitrogens with zero attached hydrogens (tertiary/aromatic N) is 2. The Morgan fingerprint density at radius 2 is 2.04 bits per heavy atom. The molecule has 5 nitrogen and oxygen atoms in total. The van der Waals surface area contributed by atoms with Crippen LogP contribution in [-0.4, -0.2) is 30.6 Å². The molecule has 0 spiro atoms. The number of anilines is 2. The van der Waals surface area contributed by atoms with Gasteiger partial charge >= 0.3 is 0 Å². The maximum Gasteiger partial charge on any atom is 0.257 e. The van der Waals surface area contributed by atoms with Crippen molar-refractivity contribution >= 4 is 17.3 Å². The molecule has 0 aliphatic rings. The first-order valence-corrected chi connectivity index (χ1v) is 8.74. The molecule has 25 heavy (non-hydrogen) atoms. The minimum Gasteiger partial charge on any atom is -0.489 e. The fraction of sp³-hybridized carbons (Fsp3) is 0.400. The summed E-state index contributed by atoms with van der Waals surface area (Å²) in [7, 11) is 2.01. The minimum atomic E-state index is -0.196. The lowest BCUT2D eigenvalue weighted by atomic mass is 10.2. The van der Waals surface area contributed by atoms with Gasteiger partial charge in [0.05, 0.1) is 29.2 Å². The van der Waals surface area contributed by atoms with Crippen molar-refractivity contribution in [3.8, 4) is 5.75 Å². The fourth-order valence-corrected chi connectivity index (χ4v) is 2.41. The van der Waals surface area contributed by atoms with Crippen molar-refractivity contribution in [3.63, 3.8) is 0 Å². The van der Waals surface area contributed by atoms with E-state index in [-0.39, 0.29) is 12.0 Å². The fourth-order valence-electron chi connectivity index (χ4n) is 2.41. The first-order chi connectivity index (χ1) is 12.0. The van der Waals surface area contributed by atoms with Gasteiger partial charge in [-0.05, 0) is 38.5 Å². The average molecular weight is 341 g/mol. The Morgan fingerprint density at radius 1 is 1.28 bits per heavy atom. The number of carbonyl (C=O) groups is 1. The van der Waals surface area contributed by atoms with E-state index < -0.39 is 0 Å². The number of ether oxygens (including phenoxy) is 1. The highest BCUT2D eigenvalue weighted by Gasteiger charge is 2.12. The zero-order valence-corrected chi connectivity index (χ0v) is 15.5. The number of benzene rings is 1. The van der Waals surface area contributed by atoms with Crippen LogP contribution < -0.4 is 15.0 Å². The Morgan fingerprint density at radius 3 is 2.76 bits per heavy atom. The van der Waals surface area contributed by atoms with Crippen molar-refractivity contribution in [3.05, 3.63) is 48.3 Å². The van der Waals surface area contributed by atoms with Gasteiger partial charge in [-0.3, -0.25) is 9.78 Å². The van der Waals surface area contributed by atoms with Crippen LogP contribution in [0.2, 0.25) is 0 Å². The highest BCUT2D eigenvalue weighted by Crippen LogP contribution is 2.25. The molecule has 1 N–H and O–H groups in total. The van der Waals surface area contributed by atoms with Gasteiger partial charge in [-0.2, -0.15) is 0 Å². The lowest BCUT2D eigenvalue weighted by molar-refractivity contribution is 0.102. The number of amides is 1. The molecule has 1 aromatic heterocycles. The van der Waals surface area contributed by atoms with E-state index in [9.17, 15) is 4.79 Å². The third kappa shape index (κ3) is 5.48. The molecule has 0 aliphatic heterocycles. The largest absolute Gasteiger partial charge is 0.489 e. The lowest BCUT2D eigenvalue weighted by Crippen LogP contribution is -2.20. The molecule has 0 fully saturated rings. The van der Waals surface area contributed by atoms with Crippen molar-refractivity contribution in [2.75, 3.05) is 23.8 Å². The van der Waals surface area contributed by atoms with Crippen LogP contribution in [0.3, 0.4) is 0 Å². The minimum absolute atomic E-state index is 0.0373. The predicted molar refractivity (Wildman–Crippen MR) is 103 cm³/mol. The number of hydrogen-bond donors (Lipinski definition) is 1.